The number of ether oxygens (including phenoxy) is 1. The summed E-state index contributed by atoms with van der Waals surface area (Å²) in [7, 11) is 0.280. The topological polar surface area (TPSA) is 99.8 Å². The second kappa shape index (κ2) is 12.7. The summed E-state index contributed by atoms with van der Waals surface area (Å²) in [5.41, 5.74) is 1.05. The van der Waals surface area contributed by atoms with Gasteiger partial charge in [0.25, 0.3) is 0 Å². The number of hydrogen-bond acceptors (Lipinski definition) is 5. The highest BCUT2D eigenvalue weighted by molar-refractivity contribution is 7.89. The number of fused-ring (bicyclic) bond motifs is 1. The van der Waals surface area contributed by atoms with Gasteiger partial charge in [0.1, 0.15) is 0 Å². The molecule has 4 aliphatic rings. The van der Waals surface area contributed by atoms with Crippen LogP contribution >= 0.6 is 0 Å². The molecule has 0 aromatic heterocycles. The van der Waals surface area contributed by atoms with Gasteiger partial charge in [-0.1, -0.05) is 24.3 Å². The van der Waals surface area contributed by atoms with Crippen molar-refractivity contribution in [1.82, 2.24) is 15.4 Å². The van der Waals surface area contributed by atoms with Crippen LogP contribution in [0.25, 0.3) is 10.8 Å². The number of carbonyl (C=O) groups excluding carboxylic acids is 1. The van der Waals surface area contributed by atoms with Gasteiger partial charge in [-0.25, -0.2) is 17.9 Å². The molecule has 8 nitrogen and oxygen atoms in total. The fourth-order valence-corrected chi connectivity index (χ4v) is 9.00. The zero-order chi connectivity index (χ0) is 28.2. The molecule has 2 aromatic rings. The summed E-state index contributed by atoms with van der Waals surface area (Å²) in [6, 6.07) is 11.1. The SMILES string of the molecule is CN(C)c1cccc2c(S(=O)(=O)NCCCOCCCCCNC(=O)NC34CC5CC(CC(C5)C3)C4)cccc12. The summed E-state index contributed by atoms with van der Waals surface area (Å²) >= 11 is 0. The zero-order valence-electron chi connectivity index (χ0n) is 24.1. The van der Waals surface area contributed by atoms with Crippen LogP contribution in [-0.4, -0.2) is 60.4 Å². The van der Waals surface area contributed by atoms with Crippen LogP contribution in [0.15, 0.2) is 41.3 Å². The number of nitrogens with zero attached hydrogens (tertiary/aromatic N) is 1. The molecule has 3 N–H and O–H groups in total. The van der Waals surface area contributed by atoms with E-state index in [1.54, 1.807) is 12.1 Å². The molecule has 4 fully saturated rings. The first-order chi connectivity index (χ1) is 19.2. The molecular formula is C31H46N4O4S. The highest BCUT2D eigenvalue weighted by atomic mass is 32.2. The lowest BCUT2D eigenvalue weighted by Gasteiger charge is -2.56. The molecule has 0 heterocycles. The summed E-state index contributed by atoms with van der Waals surface area (Å²) in [6.07, 6.45) is 11.1. The predicted octanol–water partition coefficient (Wildman–Crippen LogP) is 5.03. The van der Waals surface area contributed by atoms with Crippen molar-refractivity contribution in [2.24, 2.45) is 17.8 Å². The maximum atomic E-state index is 13.0. The summed E-state index contributed by atoms with van der Waals surface area (Å²) in [4.78, 5) is 14.8. The first-order valence-corrected chi connectivity index (χ1v) is 16.6. The average molecular weight is 571 g/mol. The van der Waals surface area contributed by atoms with Crippen molar-refractivity contribution in [1.29, 1.82) is 0 Å². The van der Waals surface area contributed by atoms with Gasteiger partial charge in [0.15, 0.2) is 0 Å². The quantitative estimate of drug-likeness (QED) is 0.277. The molecule has 40 heavy (non-hydrogen) atoms. The van der Waals surface area contributed by atoms with Crippen LogP contribution in [-0.2, 0) is 14.8 Å². The highest BCUT2D eigenvalue weighted by Crippen LogP contribution is 2.55. The van der Waals surface area contributed by atoms with Crippen molar-refractivity contribution in [3.05, 3.63) is 36.4 Å². The molecule has 9 heteroatoms. The molecule has 220 valence electrons. The van der Waals surface area contributed by atoms with Crippen LogP contribution in [0.1, 0.15) is 64.2 Å². The van der Waals surface area contributed by atoms with E-state index in [9.17, 15) is 13.2 Å². The Morgan fingerprint density at radius 1 is 0.875 bits per heavy atom. The molecule has 0 aliphatic heterocycles. The van der Waals surface area contributed by atoms with Crippen LogP contribution in [0.5, 0.6) is 0 Å². The van der Waals surface area contributed by atoms with Crippen molar-refractivity contribution in [2.75, 3.05) is 45.3 Å². The summed E-state index contributed by atoms with van der Waals surface area (Å²) in [5, 5.41) is 8.07. The fourth-order valence-electron chi connectivity index (χ4n) is 7.71. The Morgan fingerprint density at radius 3 is 2.23 bits per heavy atom. The molecule has 4 bridgehead atoms. The number of sulfonamides is 1. The fraction of sp³-hybridized carbons (Fsp3) is 0.645. The molecular weight excluding hydrogens is 524 g/mol. The number of amides is 2. The van der Waals surface area contributed by atoms with E-state index in [0.29, 0.717) is 37.6 Å². The van der Waals surface area contributed by atoms with Crippen molar-refractivity contribution in [3.8, 4) is 0 Å². The number of anilines is 1. The summed E-state index contributed by atoms with van der Waals surface area (Å²) in [6.45, 7) is 2.16. The van der Waals surface area contributed by atoms with E-state index < -0.39 is 10.0 Å². The lowest BCUT2D eigenvalue weighted by atomic mass is 9.53. The highest BCUT2D eigenvalue weighted by Gasteiger charge is 2.51. The van der Waals surface area contributed by atoms with Crippen molar-refractivity contribution < 1.29 is 17.9 Å². The summed E-state index contributed by atoms with van der Waals surface area (Å²) < 4.78 is 34.4. The van der Waals surface area contributed by atoms with Gasteiger partial charge in [-0.2, -0.15) is 0 Å². The molecule has 6 rings (SSSR count). The Hall–Kier alpha value is -2.36. The van der Waals surface area contributed by atoms with E-state index >= 15 is 0 Å². The van der Waals surface area contributed by atoms with Crippen molar-refractivity contribution in [3.63, 3.8) is 0 Å². The molecule has 0 radical (unpaired) electrons. The lowest BCUT2D eigenvalue weighted by Crippen LogP contribution is -2.61. The number of urea groups is 1. The maximum absolute atomic E-state index is 13.0. The van der Waals surface area contributed by atoms with E-state index in [0.717, 1.165) is 53.5 Å². The molecule has 0 saturated heterocycles. The smallest absolute Gasteiger partial charge is 0.315 e. The van der Waals surface area contributed by atoms with Crippen LogP contribution in [0.2, 0.25) is 0 Å². The molecule has 0 spiro atoms. The Bertz CT molecular complexity index is 1240. The van der Waals surface area contributed by atoms with E-state index in [-0.39, 0.29) is 11.6 Å². The third-order valence-electron chi connectivity index (χ3n) is 9.06. The molecule has 4 aliphatic carbocycles. The summed E-state index contributed by atoms with van der Waals surface area (Å²) in [5.74, 6) is 2.48. The number of benzene rings is 2. The predicted molar refractivity (Wildman–Crippen MR) is 160 cm³/mol. The number of hydrogen-bond donors (Lipinski definition) is 3. The minimum Gasteiger partial charge on any atom is -0.381 e. The third-order valence-corrected chi connectivity index (χ3v) is 10.6. The maximum Gasteiger partial charge on any atom is 0.315 e. The normalized spacial score (nSPS) is 25.3. The van der Waals surface area contributed by atoms with Crippen molar-refractivity contribution >= 4 is 32.5 Å². The minimum absolute atomic E-state index is 0.00212. The second-order valence-electron chi connectivity index (χ2n) is 12.5. The van der Waals surface area contributed by atoms with Gasteiger partial charge in [-0.05, 0) is 94.1 Å². The Labute approximate surface area is 239 Å². The Kier molecular flexibility index (Phi) is 9.22. The Morgan fingerprint density at radius 2 is 1.52 bits per heavy atom. The van der Waals surface area contributed by atoms with Crippen molar-refractivity contribution in [2.45, 2.75) is 74.6 Å². The van der Waals surface area contributed by atoms with Crippen LogP contribution in [0.3, 0.4) is 0 Å². The van der Waals surface area contributed by atoms with Crippen LogP contribution < -0.4 is 20.3 Å². The van der Waals surface area contributed by atoms with E-state index in [1.165, 1.54) is 38.5 Å². The van der Waals surface area contributed by atoms with Crippen LogP contribution in [0.4, 0.5) is 10.5 Å². The van der Waals surface area contributed by atoms with E-state index in [2.05, 4.69) is 15.4 Å². The van der Waals surface area contributed by atoms with Gasteiger partial charge in [0, 0.05) is 62.4 Å². The van der Waals surface area contributed by atoms with E-state index in [4.69, 9.17) is 4.74 Å². The molecule has 0 atom stereocenters. The zero-order valence-corrected chi connectivity index (χ0v) is 24.9. The van der Waals surface area contributed by atoms with Gasteiger partial charge in [0.05, 0.1) is 4.90 Å². The molecule has 4 saturated carbocycles. The number of nitrogens with one attached hydrogen (secondary N) is 3. The molecule has 0 unspecified atom stereocenters. The second-order valence-corrected chi connectivity index (χ2v) is 14.3. The third kappa shape index (κ3) is 6.92. The number of rotatable bonds is 14. The lowest BCUT2D eigenvalue weighted by molar-refractivity contribution is -0.0135. The van der Waals surface area contributed by atoms with Gasteiger partial charge in [-0.15, -0.1) is 0 Å². The minimum atomic E-state index is -3.62. The number of unbranched alkanes of at least 4 members (excludes halogenated alkanes) is 2. The van der Waals surface area contributed by atoms with Gasteiger partial charge in [-0.3, -0.25) is 0 Å². The number of carbonyl (C=O) groups is 1. The molecule has 2 amide bonds. The molecule has 2 aromatic carbocycles. The van der Waals surface area contributed by atoms with Gasteiger partial charge < -0.3 is 20.3 Å². The van der Waals surface area contributed by atoms with Crippen LogP contribution in [0, 0.1) is 17.8 Å². The first-order valence-electron chi connectivity index (χ1n) is 15.1. The van der Waals surface area contributed by atoms with E-state index in [1.807, 2.05) is 43.3 Å². The first kappa shape index (κ1) is 29.1. The van der Waals surface area contributed by atoms with Gasteiger partial charge in [0.2, 0.25) is 10.0 Å². The Balaban J connectivity index is 0.926. The standard InChI is InChI=1S/C31H46N4O4S/c1-35(2)28-11-6-10-27-26(28)9-7-12-29(27)40(37,38)33-14-8-16-39-15-5-3-4-13-32-30(36)34-31-20-23-17-24(21-31)19-25(18-23)22-31/h6-7,9-12,23-25,33H,3-5,8,13-22H2,1-2H3,(H2,32,34,36). The monoisotopic (exact) mass is 570 g/mol. The largest absolute Gasteiger partial charge is 0.381 e. The average Bonchev–Trinajstić information content (AvgIpc) is 2.89. The van der Waals surface area contributed by atoms with Gasteiger partial charge >= 0.3 is 6.03 Å².